The van der Waals surface area contributed by atoms with E-state index in [1.165, 1.54) is 12.1 Å². The quantitative estimate of drug-likeness (QED) is 0.668. The molecule has 1 aromatic rings. The first-order chi connectivity index (χ1) is 5.77. The predicted octanol–water partition coefficient (Wildman–Crippen LogP) is 2.32. The van der Waals surface area contributed by atoms with Gasteiger partial charge in [-0.3, -0.25) is 0 Å². The van der Waals surface area contributed by atoms with E-state index in [2.05, 4.69) is 4.85 Å². The van der Waals surface area contributed by atoms with Crippen molar-refractivity contribution in [2.24, 2.45) is 0 Å². The number of alkyl halides is 1. The molecule has 1 unspecified atom stereocenters. The topological polar surface area (TPSA) is 24.6 Å². The van der Waals surface area contributed by atoms with Crippen molar-refractivity contribution >= 4 is 0 Å². The third-order valence-corrected chi connectivity index (χ3v) is 1.58. The van der Waals surface area contributed by atoms with Gasteiger partial charge in [0.25, 0.3) is 6.04 Å². The molecule has 0 aliphatic heterocycles. The Balaban J connectivity index is 2.89. The molecule has 0 aromatic heterocycles. The third-order valence-electron chi connectivity index (χ3n) is 1.58. The van der Waals surface area contributed by atoms with Crippen LogP contribution in [0.25, 0.3) is 4.85 Å². The van der Waals surface area contributed by atoms with Crippen LogP contribution in [0.5, 0.6) is 5.75 Å². The van der Waals surface area contributed by atoms with Crippen LogP contribution >= 0.6 is 0 Å². The Labute approximate surface area is 70.1 Å². The molecule has 0 bridgehead atoms. The van der Waals surface area contributed by atoms with E-state index in [-0.39, 0.29) is 5.75 Å². The highest BCUT2D eigenvalue weighted by molar-refractivity contribution is 5.29. The Kier molecular flexibility index (Phi) is 2.65. The van der Waals surface area contributed by atoms with Gasteiger partial charge in [-0.1, -0.05) is 0 Å². The molecule has 62 valence electrons. The number of hydrogen-bond donors (Lipinski definition) is 1. The molecule has 0 radical (unpaired) electrons. The molecular formula is C9H8FNO. The molecule has 0 saturated heterocycles. The van der Waals surface area contributed by atoms with Crippen LogP contribution in [0.3, 0.4) is 0 Å². The van der Waals surface area contributed by atoms with Gasteiger partial charge < -0.3 is 9.95 Å². The number of phenolic OH excluding ortho intramolecular Hbond substituents is 1. The van der Waals surface area contributed by atoms with Crippen LogP contribution in [0.15, 0.2) is 24.3 Å². The minimum atomic E-state index is -0.731. The first-order valence-electron chi connectivity index (χ1n) is 3.49. The van der Waals surface area contributed by atoms with Gasteiger partial charge in [-0.25, -0.2) is 11.0 Å². The molecular weight excluding hydrogens is 157 g/mol. The predicted molar refractivity (Wildman–Crippen MR) is 43.4 cm³/mol. The van der Waals surface area contributed by atoms with Gasteiger partial charge in [0.2, 0.25) is 0 Å². The highest BCUT2D eigenvalue weighted by atomic mass is 19.1. The maximum Gasteiger partial charge on any atom is 0.276 e. The zero-order chi connectivity index (χ0) is 8.97. The average Bonchev–Trinajstić information content (AvgIpc) is 2.10. The number of hydrogen-bond acceptors (Lipinski definition) is 1. The minimum absolute atomic E-state index is 0.126. The highest BCUT2D eigenvalue weighted by Crippen LogP contribution is 2.20. The lowest BCUT2D eigenvalue weighted by molar-refractivity contribution is 0.462. The van der Waals surface area contributed by atoms with Crippen LogP contribution < -0.4 is 0 Å². The zero-order valence-corrected chi connectivity index (χ0v) is 6.37. The second-order valence-electron chi connectivity index (χ2n) is 2.39. The third kappa shape index (κ3) is 1.73. The first kappa shape index (κ1) is 8.54. The number of aromatic hydroxyl groups is 1. The lowest BCUT2D eigenvalue weighted by Crippen LogP contribution is -1.93. The van der Waals surface area contributed by atoms with Crippen LogP contribution in [0, 0.1) is 6.57 Å². The maximum absolute atomic E-state index is 12.2. The lowest BCUT2D eigenvalue weighted by Gasteiger charge is -2.00. The Bertz CT molecular complexity index is 288. The molecule has 0 spiro atoms. The molecule has 0 saturated carbocycles. The molecule has 1 N–H and O–H groups in total. The zero-order valence-electron chi connectivity index (χ0n) is 6.37. The Hall–Kier alpha value is -1.56. The fourth-order valence-electron chi connectivity index (χ4n) is 0.895. The summed E-state index contributed by atoms with van der Waals surface area (Å²) in [5.74, 6) is 0.126. The number of nitrogens with zero attached hydrogens (tertiary/aromatic N) is 1. The Morgan fingerprint density at radius 1 is 1.42 bits per heavy atom. The summed E-state index contributed by atoms with van der Waals surface area (Å²) in [6, 6.07) is 5.27. The second kappa shape index (κ2) is 3.72. The molecule has 0 heterocycles. The Morgan fingerprint density at radius 3 is 2.42 bits per heavy atom. The van der Waals surface area contributed by atoms with Gasteiger partial charge in [0.1, 0.15) is 5.75 Å². The molecule has 0 aliphatic rings. The fraction of sp³-hybridized carbons (Fsp3) is 0.222. The van der Waals surface area contributed by atoms with Gasteiger partial charge in [0, 0.05) is 5.56 Å². The number of benzene rings is 1. The van der Waals surface area contributed by atoms with E-state index in [1.807, 2.05) is 0 Å². The minimum Gasteiger partial charge on any atom is -0.508 e. The van der Waals surface area contributed by atoms with Crippen LogP contribution in [0.1, 0.15) is 11.6 Å². The lowest BCUT2D eigenvalue weighted by atomic mass is 10.1. The van der Waals surface area contributed by atoms with E-state index in [9.17, 15) is 4.39 Å². The van der Waals surface area contributed by atoms with E-state index in [1.54, 1.807) is 12.1 Å². The van der Waals surface area contributed by atoms with E-state index < -0.39 is 12.7 Å². The van der Waals surface area contributed by atoms with Crippen molar-refractivity contribution in [2.45, 2.75) is 6.04 Å². The molecule has 1 rings (SSSR count). The molecule has 0 aliphatic carbocycles. The first-order valence-corrected chi connectivity index (χ1v) is 3.49. The van der Waals surface area contributed by atoms with Gasteiger partial charge >= 0.3 is 0 Å². The molecule has 0 fully saturated rings. The Morgan fingerprint density at radius 2 is 2.00 bits per heavy atom. The maximum atomic E-state index is 12.2. The molecule has 0 amide bonds. The van der Waals surface area contributed by atoms with Crippen molar-refractivity contribution in [1.82, 2.24) is 0 Å². The summed E-state index contributed by atoms with van der Waals surface area (Å²) < 4.78 is 12.2. The standard InChI is InChI=1S/C9H8FNO/c1-11-9(6-10)7-2-4-8(12)5-3-7/h2-5,9,12H,6H2. The monoisotopic (exact) mass is 165 g/mol. The van der Waals surface area contributed by atoms with E-state index in [4.69, 9.17) is 11.7 Å². The largest absolute Gasteiger partial charge is 0.508 e. The summed E-state index contributed by atoms with van der Waals surface area (Å²) in [7, 11) is 0. The summed E-state index contributed by atoms with van der Waals surface area (Å²) in [5, 5.41) is 8.91. The molecule has 3 heteroatoms. The van der Waals surface area contributed by atoms with Gasteiger partial charge in [0.15, 0.2) is 6.67 Å². The van der Waals surface area contributed by atoms with Gasteiger partial charge in [0.05, 0.1) is 0 Å². The molecule has 1 atom stereocenters. The summed E-state index contributed by atoms with van der Waals surface area (Å²) in [6.07, 6.45) is 0. The number of rotatable bonds is 2. The fourth-order valence-corrected chi connectivity index (χ4v) is 0.895. The van der Waals surface area contributed by atoms with Crippen LogP contribution in [-0.2, 0) is 0 Å². The van der Waals surface area contributed by atoms with E-state index in [0.29, 0.717) is 5.56 Å². The van der Waals surface area contributed by atoms with Crippen LogP contribution in [0.2, 0.25) is 0 Å². The van der Waals surface area contributed by atoms with E-state index >= 15 is 0 Å². The molecule has 1 aromatic carbocycles. The summed E-state index contributed by atoms with van der Waals surface area (Å²) in [6.45, 7) is 5.99. The average molecular weight is 165 g/mol. The van der Waals surface area contributed by atoms with Crippen molar-refractivity contribution in [1.29, 1.82) is 0 Å². The number of halogens is 1. The molecule has 12 heavy (non-hydrogen) atoms. The van der Waals surface area contributed by atoms with Crippen molar-refractivity contribution in [2.75, 3.05) is 6.67 Å². The smallest absolute Gasteiger partial charge is 0.276 e. The summed E-state index contributed by atoms with van der Waals surface area (Å²) >= 11 is 0. The SMILES string of the molecule is [C-]#[N+]C(CF)c1ccc(O)cc1. The molecule has 2 nitrogen and oxygen atoms in total. The van der Waals surface area contributed by atoms with Crippen LogP contribution in [0.4, 0.5) is 4.39 Å². The van der Waals surface area contributed by atoms with Gasteiger partial charge in [-0.05, 0) is 24.3 Å². The van der Waals surface area contributed by atoms with Crippen LogP contribution in [-0.4, -0.2) is 11.8 Å². The van der Waals surface area contributed by atoms with Gasteiger partial charge in [-0.2, -0.15) is 0 Å². The normalized spacial score (nSPS) is 12.0. The highest BCUT2D eigenvalue weighted by Gasteiger charge is 2.14. The van der Waals surface area contributed by atoms with Gasteiger partial charge in [-0.15, -0.1) is 0 Å². The summed E-state index contributed by atoms with van der Waals surface area (Å²) in [5.41, 5.74) is 0.602. The van der Waals surface area contributed by atoms with Crippen molar-refractivity contribution in [3.05, 3.63) is 41.2 Å². The second-order valence-corrected chi connectivity index (χ2v) is 2.39. The van der Waals surface area contributed by atoms with Crippen molar-refractivity contribution in [3.63, 3.8) is 0 Å². The van der Waals surface area contributed by atoms with E-state index in [0.717, 1.165) is 0 Å². The number of phenols is 1. The van der Waals surface area contributed by atoms with Crippen molar-refractivity contribution < 1.29 is 9.50 Å². The van der Waals surface area contributed by atoms with Crippen molar-refractivity contribution in [3.8, 4) is 5.75 Å². The summed E-state index contributed by atoms with van der Waals surface area (Å²) in [4.78, 5) is 3.10.